The molecule has 0 atom stereocenters. The number of benzene rings is 1. The highest BCUT2D eigenvalue weighted by Crippen LogP contribution is 2.20. The van der Waals surface area contributed by atoms with E-state index in [2.05, 4.69) is 20.7 Å². The fraction of sp³-hybridized carbons (Fsp3) is 0.176. The molecule has 0 fully saturated rings. The van der Waals surface area contributed by atoms with Crippen LogP contribution in [0.5, 0.6) is 0 Å². The SMILES string of the molecule is CNC(=O)Cc1csc(NC(=O)c2cc(-c3ccccc3)nn2C)n1. The van der Waals surface area contributed by atoms with Crippen molar-refractivity contribution in [3.8, 4) is 11.3 Å². The highest BCUT2D eigenvalue weighted by Gasteiger charge is 2.16. The zero-order valence-corrected chi connectivity index (χ0v) is 14.6. The van der Waals surface area contributed by atoms with E-state index in [1.54, 1.807) is 25.5 Å². The molecule has 0 unspecified atom stereocenters. The number of likely N-dealkylation sites (N-methyl/N-ethyl adjacent to an activating group) is 1. The van der Waals surface area contributed by atoms with Gasteiger partial charge in [0.2, 0.25) is 5.91 Å². The van der Waals surface area contributed by atoms with E-state index < -0.39 is 0 Å². The average Bonchev–Trinajstić information content (AvgIpc) is 3.22. The number of amides is 2. The van der Waals surface area contributed by atoms with Gasteiger partial charge in [0.1, 0.15) is 5.69 Å². The molecule has 0 bridgehead atoms. The number of carbonyl (C=O) groups is 2. The van der Waals surface area contributed by atoms with Crippen LogP contribution in [0, 0.1) is 0 Å². The molecule has 2 N–H and O–H groups in total. The molecule has 7 nitrogen and oxygen atoms in total. The third-order valence-corrected chi connectivity index (χ3v) is 4.38. The molecule has 3 aromatic rings. The summed E-state index contributed by atoms with van der Waals surface area (Å²) in [6.07, 6.45) is 0.187. The van der Waals surface area contributed by atoms with Gasteiger partial charge in [-0.3, -0.25) is 19.6 Å². The van der Waals surface area contributed by atoms with Crippen molar-refractivity contribution < 1.29 is 9.59 Å². The second-order valence-electron chi connectivity index (χ2n) is 5.35. The van der Waals surface area contributed by atoms with Crippen LogP contribution >= 0.6 is 11.3 Å². The number of aromatic nitrogens is 3. The van der Waals surface area contributed by atoms with Crippen LogP contribution in [-0.2, 0) is 18.3 Å². The topological polar surface area (TPSA) is 88.9 Å². The van der Waals surface area contributed by atoms with E-state index in [0.717, 1.165) is 11.3 Å². The molecular weight excluding hydrogens is 338 g/mol. The number of nitrogens with zero attached hydrogens (tertiary/aromatic N) is 3. The van der Waals surface area contributed by atoms with Gasteiger partial charge in [0.25, 0.3) is 5.91 Å². The molecular formula is C17H17N5O2S. The third-order valence-electron chi connectivity index (χ3n) is 3.57. The maximum absolute atomic E-state index is 12.5. The molecule has 0 aliphatic carbocycles. The van der Waals surface area contributed by atoms with Gasteiger partial charge in [0.05, 0.1) is 17.8 Å². The van der Waals surface area contributed by atoms with Crippen molar-refractivity contribution in [3.05, 3.63) is 53.2 Å². The Morgan fingerprint density at radius 1 is 1.24 bits per heavy atom. The van der Waals surface area contributed by atoms with Crippen molar-refractivity contribution in [2.45, 2.75) is 6.42 Å². The first-order valence-corrected chi connectivity index (χ1v) is 8.50. The van der Waals surface area contributed by atoms with Crippen molar-refractivity contribution in [1.82, 2.24) is 20.1 Å². The van der Waals surface area contributed by atoms with Gasteiger partial charge in [0.15, 0.2) is 5.13 Å². The van der Waals surface area contributed by atoms with Gasteiger partial charge in [-0.05, 0) is 6.07 Å². The largest absolute Gasteiger partial charge is 0.359 e. The number of thiazole rings is 1. The van der Waals surface area contributed by atoms with Crippen LogP contribution in [0.15, 0.2) is 41.8 Å². The number of aryl methyl sites for hydroxylation is 1. The molecule has 2 aromatic heterocycles. The maximum atomic E-state index is 12.5. The Balaban J connectivity index is 1.74. The van der Waals surface area contributed by atoms with Crippen molar-refractivity contribution in [1.29, 1.82) is 0 Å². The molecule has 0 spiro atoms. The summed E-state index contributed by atoms with van der Waals surface area (Å²) in [6.45, 7) is 0. The molecule has 8 heteroatoms. The molecule has 2 amide bonds. The van der Waals surface area contributed by atoms with Gasteiger partial charge in [-0.25, -0.2) is 4.98 Å². The smallest absolute Gasteiger partial charge is 0.275 e. The number of carbonyl (C=O) groups excluding carboxylic acids is 2. The number of nitrogens with one attached hydrogen (secondary N) is 2. The van der Waals surface area contributed by atoms with Crippen molar-refractivity contribution in [3.63, 3.8) is 0 Å². The number of rotatable bonds is 5. The minimum absolute atomic E-state index is 0.123. The summed E-state index contributed by atoms with van der Waals surface area (Å²) < 4.78 is 1.54. The van der Waals surface area contributed by atoms with Gasteiger partial charge >= 0.3 is 0 Å². The van der Waals surface area contributed by atoms with Crippen LogP contribution in [-0.4, -0.2) is 33.6 Å². The predicted octanol–water partition coefficient (Wildman–Crippen LogP) is 2.08. The minimum atomic E-state index is -0.293. The van der Waals surface area contributed by atoms with Crippen molar-refractivity contribution in [2.24, 2.45) is 7.05 Å². The van der Waals surface area contributed by atoms with Gasteiger partial charge in [-0.2, -0.15) is 5.10 Å². The summed E-state index contributed by atoms with van der Waals surface area (Å²) in [5.41, 5.74) is 2.73. The molecule has 1 aromatic carbocycles. The van der Waals surface area contributed by atoms with Crippen LogP contribution < -0.4 is 10.6 Å². The maximum Gasteiger partial charge on any atom is 0.275 e. The third kappa shape index (κ3) is 3.92. The monoisotopic (exact) mass is 355 g/mol. The number of hydrogen-bond donors (Lipinski definition) is 2. The fourth-order valence-corrected chi connectivity index (χ4v) is 2.99. The van der Waals surface area contributed by atoms with Crippen molar-refractivity contribution >= 4 is 28.3 Å². The molecule has 25 heavy (non-hydrogen) atoms. The fourth-order valence-electron chi connectivity index (χ4n) is 2.29. The lowest BCUT2D eigenvalue weighted by molar-refractivity contribution is -0.120. The highest BCUT2D eigenvalue weighted by atomic mass is 32.1. The zero-order valence-electron chi connectivity index (χ0n) is 13.8. The minimum Gasteiger partial charge on any atom is -0.359 e. The van der Waals surface area contributed by atoms with E-state index in [0.29, 0.717) is 16.5 Å². The van der Waals surface area contributed by atoms with E-state index >= 15 is 0 Å². The molecule has 0 aliphatic rings. The first kappa shape index (κ1) is 16.8. The normalized spacial score (nSPS) is 10.5. The summed E-state index contributed by atoms with van der Waals surface area (Å²) in [5.74, 6) is -0.416. The van der Waals surface area contributed by atoms with Crippen LogP contribution in [0.3, 0.4) is 0 Å². The lowest BCUT2D eigenvalue weighted by Gasteiger charge is -2.01. The van der Waals surface area contributed by atoms with E-state index in [4.69, 9.17) is 0 Å². The van der Waals surface area contributed by atoms with E-state index in [9.17, 15) is 9.59 Å². The Morgan fingerprint density at radius 3 is 2.72 bits per heavy atom. The summed E-state index contributed by atoms with van der Waals surface area (Å²) in [6, 6.07) is 11.4. The summed E-state index contributed by atoms with van der Waals surface area (Å²) in [7, 11) is 3.30. The average molecular weight is 355 g/mol. The highest BCUT2D eigenvalue weighted by molar-refractivity contribution is 7.14. The van der Waals surface area contributed by atoms with Crippen LogP contribution in [0.2, 0.25) is 0 Å². The van der Waals surface area contributed by atoms with E-state index in [-0.39, 0.29) is 18.2 Å². The first-order chi connectivity index (χ1) is 12.1. The predicted molar refractivity (Wildman–Crippen MR) is 96.5 cm³/mol. The van der Waals surface area contributed by atoms with E-state index in [1.807, 2.05) is 30.3 Å². The molecule has 0 aliphatic heterocycles. The summed E-state index contributed by atoms with van der Waals surface area (Å²) >= 11 is 1.28. The number of hydrogen-bond acceptors (Lipinski definition) is 5. The van der Waals surface area contributed by atoms with E-state index in [1.165, 1.54) is 16.0 Å². The quantitative estimate of drug-likeness (QED) is 0.733. The molecule has 0 saturated heterocycles. The van der Waals surface area contributed by atoms with Gasteiger partial charge in [-0.1, -0.05) is 30.3 Å². The van der Waals surface area contributed by atoms with Gasteiger partial charge in [-0.15, -0.1) is 11.3 Å². The number of anilines is 1. The lowest BCUT2D eigenvalue weighted by Crippen LogP contribution is -2.20. The standard InChI is InChI=1S/C17H17N5O2S/c1-18-15(23)8-12-10-25-17(19-12)20-16(24)14-9-13(21-22(14)2)11-6-4-3-5-7-11/h3-7,9-10H,8H2,1-2H3,(H,18,23)(H,19,20,24). The van der Waals surface area contributed by atoms with Crippen LogP contribution in [0.4, 0.5) is 5.13 Å². The van der Waals surface area contributed by atoms with Crippen LogP contribution in [0.25, 0.3) is 11.3 Å². The second-order valence-corrected chi connectivity index (χ2v) is 6.21. The second kappa shape index (κ2) is 7.27. The summed E-state index contributed by atoms with van der Waals surface area (Å²) in [4.78, 5) is 28.1. The zero-order chi connectivity index (χ0) is 17.8. The Hall–Kier alpha value is -3.00. The van der Waals surface area contributed by atoms with Gasteiger partial charge < -0.3 is 5.32 Å². The molecule has 3 rings (SSSR count). The Morgan fingerprint density at radius 2 is 2.00 bits per heavy atom. The molecule has 128 valence electrons. The van der Waals surface area contributed by atoms with Crippen LogP contribution in [0.1, 0.15) is 16.2 Å². The molecule has 0 saturated carbocycles. The first-order valence-electron chi connectivity index (χ1n) is 7.62. The Bertz CT molecular complexity index is 901. The molecule has 2 heterocycles. The Labute approximate surface area is 148 Å². The lowest BCUT2D eigenvalue weighted by atomic mass is 10.1. The Kier molecular flexibility index (Phi) is 4.90. The summed E-state index contributed by atoms with van der Waals surface area (Å²) in [5, 5.41) is 11.9. The van der Waals surface area contributed by atoms with Gasteiger partial charge in [0, 0.05) is 25.0 Å². The van der Waals surface area contributed by atoms with Crippen molar-refractivity contribution in [2.75, 3.05) is 12.4 Å². The molecule has 0 radical (unpaired) electrons.